The zero-order valence-electron chi connectivity index (χ0n) is 15.0. The molecule has 0 aliphatic heterocycles. The zero-order chi connectivity index (χ0) is 16.9. The van der Waals surface area contributed by atoms with Gasteiger partial charge in [0, 0.05) is 24.4 Å². The topological polar surface area (TPSA) is 49.3 Å². The van der Waals surface area contributed by atoms with Crippen molar-refractivity contribution in [3.63, 3.8) is 0 Å². The number of nitrogens with zero attached hydrogens (tertiary/aromatic N) is 2. The van der Waals surface area contributed by atoms with Crippen LogP contribution in [0.2, 0.25) is 0 Å². The molecule has 0 amide bonds. The van der Waals surface area contributed by atoms with E-state index in [-0.39, 0.29) is 29.4 Å². The Kier molecular flexibility index (Phi) is 8.15. The molecule has 0 aliphatic rings. The zero-order valence-corrected chi connectivity index (χ0v) is 18.2. The Balaban J connectivity index is 0.00000288. The number of hydrogen-bond acceptors (Lipinski definition) is 3. The number of halogens is 1. The van der Waals surface area contributed by atoms with Gasteiger partial charge in [-0.25, -0.2) is 4.98 Å². The molecular weight excluding hydrogens is 431 g/mol. The van der Waals surface area contributed by atoms with Crippen LogP contribution in [0.5, 0.6) is 0 Å². The number of nitrogens with one attached hydrogen (secondary N) is 2. The first-order valence-corrected chi connectivity index (χ1v) is 8.71. The van der Waals surface area contributed by atoms with E-state index in [2.05, 4.69) is 78.0 Å². The molecule has 0 saturated heterocycles. The van der Waals surface area contributed by atoms with Crippen molar-refractivity contribution in [3.05, 3.63) is 51.5 Å². The predicted molar refractivity (Wildman–Crippen MR) is 114 cm³/mol. The normalized spacial score (nSPS) is 11.8. The number of aromatic nitrogens is 1. The van der Waals surface area contributed by atoms with E-state index in [1.54, 1.807) is 18.4 Å². The Morgan fingerprint density at radius 3 is 2.29 bits per heavy atom. The van der Waals surface area contributed by atoms with Gasteiger partial charge in [0.1, 0.15) is 5.01 Å². The lowest BCUT2D eigenvalue weighted by molar-refractivity contribution is 0.570. The second-order valence-electron chi connectivity index (χ2n) is 6.64. The molecule has 2 N–H and O–H groups in total. The fraction of sp³-hybridized carbons (Fsp3) is 0.444. The van der Waals surface area contributed by atoms with Crippen LogP contribution in [-0.4, -0.2) is 18.0 Å². The van der Waals surface area contributed by atoms with Gasteiger partial charge in [0.15, 0.2) is 5.96 Å². The summed E-state index contributed by atoms with van der Waals surface area (Å²) in [6.45, 7) is 10.1. The van der Waals surface area contributed by atoms with Crippen LogP contribution in [0.1, 0.15) is 42.6 Å². The first-order chi connectivity index (χ1) is 10.9. The maximum Gasteiger partial charge on any atom is 0.191 e. The molecule has 4 nitrogen and oxygen atoms in total. The van der Waals surface area contributed by atoms with Gasteiger partial charge in [-0.2, -0.15) is 0 Å². The molecule has 0 aliphatic carbocycles. The van der Waals surface area contributed by atoms with Gasteiger partial charge >= 0.3 is 0 Å². The van der Waals surface area contributed by atoms with Gasteiger partial charge in [-0.3, -0.25) is 4.99 Å². The van der Waals surface area contributed by atoms with Crippen molar-refractivity contribution in [1.29, 1.82) is 0 Å². The summed E-state index contributed by atoms with van der Waals surface area (Å²) >= 11 is 1.69. The molecule has 6 heteroatoms. The first-order valence-electron chi connectivity index (χ1n) is 7.83. The van der Waals surface area contributed by atoms with Crippen molar-refractivity contribution < 1.29 is 0 Å². The average Bonchev–Trinajstić information content (AvgIpc) is 2.98. The molecule has 1 aromatic heterocycles. The quantitative estimate of drug-likeness (QED) is 0.410. The van der Waals surface area contributed by atoms with Crippen molar-refractivity contribution in [2.24, 2.45) is 4.99 Å². The van der Waals surface area contributed by atoms with E-state index in [9.17, 15) is 0 Å². The molecule has 0 fully saturated rings. The number of aryl methyl sites for hydroxylation is 1. The van der Waals surface area contributed by atoms with Crippen LogP contribution in [0, 0.1) is 6.92 Å². The minimum atomic E-state index is 0. The highest BCUT2D eigenvalue weighted by Crippen LogP contribution is 2.23. The molecule has 132 valence electrons. The number of aliphatic imine (C=N–C) groups is 1. The van der Waals surface area contributed by atoms with Gasteiger partial charge in [0.25, 0.3) is 0 Å². The van der Waals surface area contributed by atoms with Crippen LogP contribution in [-0.2, 0) is 18.5 Å². The maximum atomic E-state index is 4.69. The molecule has 0 radical (unpaired) electrons. The van der Waals surface area contributed by atoms with Crippen LogP contribution in [0.15, 0.2) is 34.6 Å². The summed E-state index contributed by atoms with van der Waals surface area (Å²) in [5.74, 6) is 0.790. The summed E-state index contributed by atoms with van der Waals surface area (Å²) in [6, 6.07) is 8.51. The lowest BCUT2D eigenvalue weighted by Crippen LogP contribution is -2.36. The van der Waals surface area contributed by atoms with Crippen molar-refractivity contribution in [2.75, 3.05) is 7.05 Å². The molecule has 2 rings (SSSR count). The minimum absolute atomic E-state index is 0. The van der Waals surface area contributed by atoms with Crippen LogP contribution < -0.4 is 10.6 Å². The number of guanidine groups is 1. The molecule has 0 unspecified atom stereocenters. The average molecular weight is 458 g/mol. The van der Waals surface area contributed by atoms with Crippen LogP contribution >= 0.6 is 35.3 Å². The first kappa shape index (κ1) is 20.9. The van der Waals surface area contributed by atoms with E-state index in [0.717, 1.165) is 23.2 Å². The predicted octanol–water partition coefficient (Wildman–Crippen LogP) is 4.23. The maximum absolute atomic E-state index is 4.69. The Morgan fingerprint density at radius 1 is 1.12 bits per heavy atom. The van der Waals surface area contributed by atoms with Gasteiger partial charge in [0.2, 0.25) is 0 Å². The van der Waals surface area contributed by atoms with Crippen LogP contribution in [0.4, 0.5) is 0 Å². The van der Waals surface area contributed by atoms with E-state index in [4.69, 9.17) is 0 Å². The van der Waals surface area contributed by atoms with Crippen LogP contribution in [0.3, 0.4) is 0 Å². The lowest BCUT2D eigenvalue weighted by Gasteiger charge is -2.14. The third kappa shape index (κ3) is 6.39. The summed E-state index contributed by atoms with van der Waals surface area (Å²) in [4.78, 5) is 8.95. The molecular formula is C18H27IN4S. The van der Waals surface area contributed by atoms with Crippen LogP contribution in [0.25, 0.3) is 0 Å². The van der Waals surface area contributed by atoms with Gasteiger partial charge in [-0.15, -0.1) is 35.3 Å². The molecule has 1 heterocycles. The molecule has 0 atom stereocenters. The highest BCUT2D eigenvalue weighted by atomic mass is 127. The molecule has 1 aromatic carbocycles. The number of benzene rings is 1. The van der Waals surface area contributed by atoms with E-state index in [0.29, 0.717) is 6.54 Å². The largest absolute Gasteiger partial charge is 0.352 e. The SMILES string of the molecule is CN=C(NCc1ccc(C)cc1)NCc1nc(C(C)(C)C)cs1.I. The van der Waals surface area contributed by atoms with E-state index in [1.807, 2.05) is 0 Å². The van der Waals surface area contributed by atoms with Crippen molar-refractivity contribution in [3.8, 4) is 0 Å². The molecule has 0 spiro atoms. The summed E-state index contributed by atoms with van der Waals surface area (Å²) in [5, 5.41) is 9.86. The number of rotatable bonds is 4. The molecule has 24 heavy (non-hydrogen) atoms. The van der Waals surface area contributed by atoms with Crippen molar-refractivity contribution in [1.82, 2.24) is 15.6 Å². The molecule has 0 saturated carbocycles. The second kappa shape index (κ2) is 9.36. The summed E-state index contributed by atoms with van der Waals surface area (Å²) in [7, 11) is 1.78. The van der Waals surface area contributed by atoms with E-state index >= 15 is 0 Å². The Labute approximate surface area is 166 Å². The van der Waals surface area contributed by atoms with E-state index in [1.165, 1.54) is 11.1 Å². The fourth-order valence-corrected chi connectivity index (χ4v) is 2.97. The highest BCUT2D eigenvalue weighted by Gasteiger charge is 2.17. The third-order valence-electron chi connectivity index (χ3n) is 3.53. The van der Waals surface area contributed by atoms with Crippen molar-refractivity contribution in [2.45, 2.75) is 46.2 Å². The number of hydrogen-bond donors (Lipinski definition) is 2. The molecule has 0 bridgehead atoms. The fourth-order valence-electron chi connectivity index (χ4n) is 2.01. The van der Waals surface area contributed by atoms with Gasteiger partial charge < -0.3 is 10.6 Å². The highest BCUT2D eigenvalue weighted by molar-refractivity contribution is 14.0. The standard InChI is InChI=1S/C18H26N4S.HI/c1-13-6-8-14(9-7-13)10-20-17(19-5)21-11-16-22-15(12-23-16)18(2,3)4;/h6-9,12H,10-11H2,1-5H3,(H2,19,20,21);1H. The van der Waals surface area contributed by atoms with Crippen molar-refractivity contribution >= 4 is 41.3 Å². The van der Waals surface area contributed by atoms with E-state index < -0.39 is 0 Å². The van der Waals surface area contributed by atoms with Gasteiger partial charge in [0.05, 0.1) is 12.2 Å². The number of thiazole rings is 1. The summed E-state index contributed by atoms with van der Waals surface area (Å²) < 4.78 is 0. The van der Waals surface area contributed by atoms with Gasteiger partial charge in [-0.1, -0.05) is 50.6 Å². The Hall–Kier alpha value is -1.15. The summed E-state index contributed by atoms with van der Waals surface area (Å²) in [6.07, 6.45) is 0. The summed E-state index contributed by atoms with van der Waals surface area (Å²) in [5.41, 5.74) is 3.75. The third-order valence-corrected chi connectivity index (χ3v) is 4.38. The second-order valence-corrected chi connectivity index (χ2v) is 7.58. The minimum Gasteiger partial charge on any atom is -0.352 e. The smallest absolute Gasteiger partial charge is 0.191 e. The van der Waals surface area contributed by atoms with Gasteiger partial charge in [-0.05, 0) is 12.5 Å². The lowest BCUT2D eigenvalue weighted by atomic mass is 9.93. The monoisotopic (exact) mass is 458 g/mol. The molecule has 2 aromatic rings. The Morgan fingerprint density at radius 2 is 1.75 bits per heavy atom. The Bertz CT molecular complexity index is 656.